The molecule has 1 unspecified atom stereocenters. The Hall–Kier alpha value is -4.14. The first-order valence-electron chi connectivity index (χ1n) is 12.2. The normalized spacial score (nSPS) is 11.8. The highest BCUT2D eigenvalue weighted by molar-refractivity contribution is 6.45. The van der Waals surface area contributed by atoms with Gasteiger partial charge in [-0.3, -0.25) is 14.4 Å². The molecular weight excluding hydrogens is 474 g/mol. The summed E-state index contributed by atoms with van der Waals surface area (Å²) in [6.07, 6.45) is 0.874. The summed E-state index contributed by atoms with van der Waals surface area (Å²) in [6, 6.07) is 14.1. The number of nitrogens with two attached hydrogens (primary N) is 1. The fourth-order valence-electron chi connectivity index (χ4n) is 4.43. The van der Waals surface area contributed by atoms with Crippen LogP contribution in [0, 0.1) is 5.92 Å². The molecule has 2 amide bonds. The second-order valence-corrected chi connectivity index (χ2v) is 9.15. The minimum Gasteiger partial charge on any atom is -0.483 e. The number of carbonyl (C=O) groups excluding carboxylic acids is 4. The molecule has 0 aliphatic heterocycles. The molecule has 37 heavy (non-hydrogen) atoms. The Labute approximate surface area is 215 Å². The molecule has 0 aliphatic carbocycles. The van der Waals surface area contributed by atoms with Gasteiger partial charge in [-0.15, -0.1) is 0 Å². The van der Waals surface area contributed by atoms with Crippen molar-refractivity contribution in [3.05, 3.63) is 65.4 Å². The topological polar surface area (TPSA) is 130 Å². The molecule has 0 saturated carbocycles. The van der Waals surface area contributed by atoms with Crippen LogP contribution in [-0.2, 0) is 32.1 Å². The van der Waals surface area contributed by atoms with E-state index >= 15 is 0 Å². The molecule has 1 heterocycles. The summed E-state index contributed by atoms with van der Waals surface area (Å²) in [7, 11) is 1.27. The molecule has 3 aromatic rings. The minimum absolute atomic E-state index is 0.151. The van der Waals surface area contributed by atoms with Crippen molar-refractivity contribution in [2.75, 3.05) is 13.7 Å². The maximum atomic E-state index is 13.0. The van der Waals surface area contributed by atoms with E-state index in [4.69, 9.17) is 15.2 Å². The van der Waals surface area contributed by atoms with E-state index in [1.807, 2.05) is 61.7 Å². The summed E-state index contributed by atoms with van der Waals surface area (Å²) in [5, 5.41) is 3.06. The van der Waals surface area contributed by atoms with Gasteiger partial charge in [0, 0.05) is 12.2 Å². The lowest BCUT2D eigenvalue weighted by Gasteiger charge is -2.18. The molecule has 0 fully saturated rings. The van der Waals surface area contributed by atoms with Crippen molar-refractivity contribution in [3.63, 3.8) is 0 Å². The van der Waals surface area contributed by atoms with Crippen LogP contribution in [0.15, 0.2) is 48.5 Å². The van der Waals surface area contributed by atoms with E-state index in [0.717, 1.165) is 5.56 Å². The molecule has 0 radical (unpaired) electrons. The summed E-state index contributed by atoms with van der Waals surface area (Å²) >= 11 is 0. The lowest BCUT2D eigenvalue weighted by molar-refractivity contribution is -0.145. The van der Waals surface area contributed by atoms with Crippen LogP contribution in [0.1, 0.15) is 48.8 Å². The first-order valence-corrected chi connectivity index (χ1v) is 12.2. The van der Waals surface area contributed by atoms with Crippen LogP contribution in [-0.4, -0.2) is 47.9 Å². The van der Waals surface area contributed by atoms with E-state index in [1.54, 1.807) is 12.1 Å². The van der Waals surface area contributed by atoms with Gasteiger partial charge in [-0.05, 0) is 36.5 Å². The monoisotopic (exact) mass is 507 g/mol. The Balaban J connectivity index is 2.00. The quantitative estimate of drug-likeness (QED) is 0.220. The Morgan fingerprint density at radius 3 is 2.32 bits per heavy atom. The number of rotatable bonds is 12. The molecule has 1 aromatic heterocycles. The van der Waals surface area contributed by atoms with Crippen LogP contribution in [0.25, 0.3) is 10.9 Å². The first kappa shape index (κ1) is 27.4. The van der Waals surface area contributed by atoms with Crippen LogP contribution < -0.4 is 15.8 Å². The van der Waals surface area contributed by atoms with Crippen LogP contribution in [0.2, 0.25) is 0 Å². The number of ketones is 1. The number of methoxy groups -OCH3 is 1. The maximum Gasteiger partial charge on any atom is 0.328 e. The molecular formula is C28H33N3O6. The third-order valence-electron chi connectivity index (χ3n) is 6.02. The van der Waals surface area contributed by atoms with Gasteiger partial charge in [-0.2, -0.15) is 0 Å². The number of hydrogen-bond acceptors (Lipinski definition) is 6. The summed E-state index contributed by atoms with van der Waals surface area (Å²) in [5.74, 6) is -2.54. The smallest absolute Gasteiger partial charge is 0.328 e. The van der Waals surface area contributed by atoms with Crippen molar-refractivity contribution in [1.29, 1.82) is 0 Å². The number of nitrogens with one attached hydrogen (secondary N) is 1. The van der Waals surface area contributed by atoms with E-state index in [9.17, 15) is 19.2 Å². The number of hydrogen-bond donors (Lipinski definition) is 2. The number of esters is 1. The van der Waals surface area contributed by atoms with Gasteiger partial charge in [-0.1, -0.05) is 57.2 Å². The zero-order valence-corrected chi connectivity index (χ0v) is 21.6. The van der Waals surface area contributed by atoms with E-state index in [1.165, 1.54) is 7.11 Å². The minimum atomic E-state index is -1.07. The molecule has 0 aliphatic rings. The Morgan fingerprint density at radius 1 is 1.03 bits per heavy atom. The molecule has 3 rings (SSSR count). The molecule has 9 nitrogen and oxygen atoms in total. The molecule has 9 heteroatoms. The average Bonchev–Trinajstić information content (AvgIpc) is 3.19. The molecule has 0 bridgehead atoms. The number of primary amides is 1. The fourth-order valence-corrected chi connectivity index (χ4v) is 4.43. The second kappa shape index (κ2) is 12.2. The van der Waals surface area contributed by atoms with Gasteiger partial charge in [0.1, 0.15) is 11.8 Å². The summed E-state index contributed by atoms with van der Waals surface area (Å²) in [5.41, 5.74) is 7.91. The Kier molecular flexibility index (Phi) is 9.05. The maximum absolute atomic E-state index is 13.0. The van der Waals surface area contributed by atoms with Crippen molar-refractivity contribution < 1.29 is 28.7 Å². The van der Waals surface area contributed by atoms with Crippen molar-refractivity contribution in [2.24, 2.45) is 11.7 Å². The Bertz CT molecular complexity index is 1300. The van der Waals surface area contributed by atoms with Crippen molar-refractivity contribution in [1.82, 2.24) is 9.88 Å². The van der Waals surface area contributed by atoms with Gasteiger partial charge in [-0.25, -0.2) is 4.79 Å². The standard InChI is InChI=1S/C28H33N3O6/c1-5-20-25(26(33)27(29)34)24-21(31(20)15-18-10-7-6-8-11-18)12-9-13-22(24)37-16-23(32)30-19(14-17(2)3)28(35)36-4/h6-13,17,19H,5,14-16H2,1-4H3,(H2,29,34)(H,30,32). The van der Waals surface area contributed by atoms with Gasteiger partial charge >= 0.3 is 5.97 Å². The van der Waals surface area contributed by atoms with Gasteiger partial charge in [0.25, 0.3) is 17.6 Å². The van der Waals surface area contributed by atoms with Gasteiger partial charge < -0.3 is 25.1 Å². The largest absolute Gasteiger partial charge is 0.483 e. The molecule has 3 N–H and O–H groups in total. The highest BCUT2D eigenvalue weighted by Crippen LogP contribution is 2.35. The highest BCUT2D eigenvalue weighted by atomic mass is 16.5. The number of nitrogens with zero attached hydrogens (tertiary/aromatic N) is 1. The van der Waals surface area contributed by atoms with E-state index < -0.39 is 36.2 Å². The van der Waals surface area contributed by atoms with Gasteiger partial charge in [0.05, 0.1) is 23.6 Å². The fraction of sp³-hybridized carbons (Fsp3) is 0.357. The third kappa shape index (κ3) is 6.35. The number of benzene rings is 2. The number of amides is 2. The van der Waals surface area contributed by atoms with Gasteiger partial charge in [0.15, 0.2) is 6.61 Å². The molecule has 2 aromatic carbocycles. The van der Waals surface area contributed by atoms with Crippen LogP contribution in [0.4, 0.5) is 0 Å². The van der Waals surface area contributed by atoms with Crippen molar-refractivity contribution >= 4 is 34.5 Å². The third-order valence-corrected chi connectivity index (χ3v) is 6.02. The van der Waals surface area contributed by atoms with E-state index in [0.29, 0.717) is 36.0 Å². The number of aromatic nitrogens is 1. The lowest BCUT2D eigenvalue weighted by atomic mass is 10.0. The molecule has 0 spiro atoms. The van der Waals surface area contributed by atoms with Crippen LogP contribution >= 0.6 is 0 Å². The van der Waals surface area contributed by atoms with Gasteiger partial charge in [0.2, 0.25) is 0 Å². The summed E-state index contributed by atoms with van der Waals surface area (Å²) < 4.78 is 12.6. The molecule has 1 atom stereocenters. The number of Topliss-reactive ketones (excluding diaryl/α,β-unsaturated/α-hetero) is 1. The predicted octanol–water partition coefficient (Wildman–Crippen LogP) is 3.00. The first-order chi connectivity index (χ1) is 17.7. The van der Waals surface area contributed by atoms with Crippen LogP contribution in [0.3, 0.4) is 0 Å². The highest BCUT2D eigenvalue weighted by Gasteiger charge is 2.28. The SMILES string of the molecule is CCc1c(C(=O)C(N)=O)c2c(OCC(=O)NC(CC(C)C)C(=O)OC)cccc2n1Cc1ccccc1. The zero-order valence-electron chi connectivity index (χ0n) is 21.6. The van der Waals surface area contributed by atoms with E-state index in [2.05, 4.69) is 5.32 Å². The van der Waals surface area contributed by atoms with Crippen molar-refractivity contribution in [3.8, 4) is 5.75 Å². The second-order valence-electron chi connectivity index (χ2n) is 9.15. The van der Waals surface area contributed by atoms with E-state index in [-0.39, 0.29) is 17.2 Å². The number of fused-ring (bicyclic) bond motifs is 1. The average molecular weight is 508 g/mol. The van der Waals surface area contributed by atoms with Crippen molar-refractivity contribution in [2.45, 2.75) is 46.2 Å². The summed E-state index contributed by atoms with van der Waals surface area (Å²) in [4.78, 5) is 49.7. The zero-order chi connectivity index (χ0) is 27.1. The summed E-state index contributed by atoms with van der Waals surface area (Å²) in [6.45, 7) is 5.82. The number of ether oxygens (including phenoxy) is 2. The van der Waals surface area contributed by atoms with Crippen LogP contribution in [0.5, 0.6) is 5.75 Å². The predicted molar refractivity (Wildman–Crippen MR) is 139 cm³/mol. The lowest BCUT2D eigenvalue weighted by Crippen LogP contribution is -2.44. The molecule has 0 saturated heterocycles. The molecule has 196 valence electrons. The number of carbonyl (C=O) groups is 4. The Morgan fingerprint density at radius 2 is 1.73 bits per heavy atom.